The summed E-state index contributed by atoms with van der Waals surface area (Å²) in [7, 11) is 0. The predicted octanol–water partition coefficient (Wildman–Crippen LogP) is 7.52. The van der Waals surface area contributed by atoms with Gasteiger partial charge in [-0.15, -0.1) is 0 Å². The van der Waals surface area contributed by atoms with Crippen LogP contribution in [-0.2, 0) is 19.8 Å². The van der Waals surface area contributed by atoms with Gasteiger partial charge in [-0.2, -0.15) is 11.3 Å². The van der Waals surface area contributed by atoms with E-state index in [0.29, 0.717) is 11.5 Å². The van der Waals surface area contributed by atoms with Gasteiger partial charge in [-0.3, -0.25) is 0 Å². The summed E-state index contributed by atoms with van der Waals surface area (Å²) < 4.78 is 19.6. The summed E-state index contributed by atoms with van der Waals surface area (Å²) in [6.07, 6.45) is 18.5. The van der Waals surface area contributed by atoms with Gasteiger partial charge in [-0.05, 0) is 149 Å². The van der Waals surface area contributed by atoms with Crippen LogP contribution in [0.5, 0.6) is 0 Å². The lowest BCUT2D eigenvalue weighted by molar-refractivity contribution is -0.165. The molecule has 7 rings (SSSR count). The molecule has 3 heterocycles. The molecule has 6 aliphatic rings. The second kappa shape index (κ2) is 13.2. The molecule has 0 N–H and O–H groups in total. The molecule has 0 bridgehead atoms. The lowest BCUT2D eigenvalue weighted by Gasteiger charge is -2.59. The van der Waals surface area contributed by atoms with E-state index in [4.69, 9.17) is 14.2 Å². The maximum Gasteiger partial charge on any atom is 0.0996 e. The van der Waals surface area contributed by atoms with E-state index in [2.05, 4.69) is 46.5 Å². The Morgan fingerprint density at radius 3 is 2.33 bits per heavy atom. The second-order valence-corrected chi connectivity index (χ2v) is 16.2. The largest absolute Gasteiger partial charge is 0.378 e. The van der Waals surface area contributed by atoms with Crippen LogP contribution in [0.25, 0.3) is 0 Å². The Labute approximate surface area is 265 Å². The topological polar surface area (TPSA) is 34.2 Å². The highest BCUT2D eigenvalue weighted by molar-refractivity contribution is 7.08. The van der Waals surface area contributed by atoms with Crippen molar-refractivity contribution < 1.29 is 14.2 Å². The van der Waals surface area contributed by atoms with Crippen molar-refractivity contribution in [2.24, 2.45) is 28.6 Å². The lowest BCUT2D eigenvalue weighted by Crippen LogP contribution is -2.54. The predicted molar refractivity (Wildman–Crippen MR) is 176 cm³/mol. The van der Waals surface area contributed by atoms with Gasteiger partial charge in [0.25, 0.3) is 0 Å². The number of rotatable bonds is 12. The van der Waals surface area contributed by atoms with Gasteiger partial charge < -0.3 is 24.0 Å². The summed E-state index contributed by atoms with van der Waals surface area (Å²) in [6.45, 7) is 15.6. The highest BCUT2D eigenvalue weighted by atomic mass is 32.1. The van der Waals surface area contributed by atoms with Crippen molar-refractivity contribution in [1.82, 2.24) is 9.80 Å². The molecule has 43 heavy (non-hydrogen) atoms. The number of allylic oxidation sites excluding steroid dienone is 1. The highest BCUT2D eigenvalue weighted by Gasteiger charge is 2.65. The van der Waals surface area contributed by atoms with Crippen LogP contribution in [0.2, 0.25) is 0 Å². The van der Waals surface area contributed by atoms with Gasteiger partial charge in [0.05, 0.1) is 38.1 Å². The molecule has 3 saturated carbocycles. The minimum atomic E-state index is -0.116. The van der Waals surface area contributed by atoms with Crippen LogP contribution in [0, 0.1) is 28.6 Å². The fourth-order valence-corrected chi connectivity index (χ4v) is 11.7. The first-order chi connectivity index (χ1) is 21.0. The van der Waals surface area contributed by atoms with Crippen LogP contribution in [0.3, 0.4) is 0 Å². The third-order valence-electron chi connectivity index (χ3n) is 13.5. The number of hydrogen-bond acceptors (Lipinski definition) is 6. The molecule has 4 aliphatic carbocycles. The Bertz CT molecular complexity index is 1080. The minimum Gasteiger partial charge on any atom is -0.378 e. The summed E-state index contributed by atoms with van der Waals surface area (Å²) in [6, 6.07) is 2.39. The number of thiophene rings is 1. The molecule has 1 aromatic heterocycles. The third kappa shape index (κ3) is 5.84. The van der Waals surface area contributed by atoms with Crippen molar-refractivity contribution in [2.45, 2.75) is 103 Å². The second-order valence-electron chi connectivity index (χ2n) is 15.4. The van der Waals surface area contributed by atoms with Gasteiger partial charge in [0.15, 0.2) is 0 Å². The first-order valence-corrected chi connectivity index (χ1v) is 19.0. The number of likely N-dealkylation sites (tertiary alicyclic amines) is 2. The fourth-order valence-electron chi connectivity index (χ4n) is 11.0. The monoisotopic (exact) mass is 610 g/mol. The quantitative estimate of drug-likeness (QED) is 0.181. The number of nitrogens with zero attached hydrogens (tertiary/aromatic N) is 2. The van der Waals surface area contributed by atoms with Crippen molar-refractivity contribution in [1.29, 1.82) is 0 Å². The zero-order chi connectivity index (χ0) is 29.3. The molecule has 7 atom stereocenters. The van der Waals surface area contributed by atoms with Crippen LogP contribution < -0.4 is 0 Å². The Balaban J connectivity index is 0.977. The molecule has 0 amide bonds. The van der Waals surface area contributed by atoms with Crippen molar-refractivity contribution in [3.63, 3.8) is 0 Å². The minimum absolute atomic E-state index is 0.116. The fraction of sp³-hybridized carbons (Fsp3) is 0.838. The summed E-state index contributed by atoms with van der Waals surface area (Å²) in [5.41, 5.74) is 3.64. The molecule has 0 aromatic carbocycles. The van der Waals surface area contributed by atoms with E-state index in [9.17, 15) is 0 Å². The van der Waals surface area contributed by atoms with Crippen LogP contribution in [0.1, 0.15) is 96.5 Å². The Morgan fingerprint density at radius 2 is 1.58 bits per heavy atom. The maximum absolute atomic E-state index is 7.20. The number of ether oxygens (including phenoxy) is 3. The summed E-state index contributed by atoms with van der Waals surface area (Å²) in [4.78, 5) is 5.14. The van der Waals surface area contributed by atoms with Crippen LogP contribution >= 0.6 is 11.3 Å². The Kier molecular flexibility index (Phi) is 9.45. The molecule has 1 aromatic rings. The van der Waals surface area contributed by atoms with Crippen LogP contribution in [-0.4, -0.2) is 81.6 Å². The number of fused-ring (bicyclic) bond motifs is 5. The summed E-state index contributed by atoms with van der Waals surface area (Å²) >= 11 is 1.85. The normalized spacial score (nSPS) is 39.9. The van der Waals surface area contributed by atoms with Gasteiger partial charge in [0.2, 0.25) is 0 Å². The smallest absolute Gasteiger partial charge is 0.0996 e. The molecular formula is C37H58N2O3S. The van der Waals surface area contributed by atoms with Crippen molar-refractivity contribution in [2.75, 3.05) is 65.7 Å². The molecule has 5 nitrogen and oxygen atoms in total. The molecule has 5 fully saturated rings. The zero-order valence-electron chi connectivity index (χ0n) is 27.2. The summed E-state index contributed by atoms with van der Waals surface area (Å²) in [5, 5.41) is 4.69. The van der Waals surface area contributed by atoms with Crippen molar-refractivity contribution in [3.8, 4) is 0 Å². The van der Waals surface area contributed by atoms with Gasteiger partial charge in [0.1, 0.15) is 0 Å². The summed E-state index contributed by atoms with van der Waals surface area (Å²) in [5.74, 6) is 2.35. The molecule has 2 saturated heterocycles. The zero-order valence-corrected chi connectivity index (χ0v) is 28.0. The van der Waals surface area contributed by atoms with E-state index < -0.39 is 0 Å². The van der Waals surface area contributed by atoms with Crippen LogP contribution in [0.4, 0.5) is 0 Å². The average molecular weight is 611 g/mol. The van der Waals surface area contributed by atoms with E-state index in [0.717, 1.165) is 63.7 Å². The van der Waals surface area contributed by atoms with Gasteiger partial charge in [-0.1, -0.05) is 25.5 Å². The molecule has 240 valence electrons. The SMILES string of the molecule is C[C@]12CCC(OCCOCCN3CCCC3)CC1=CC[C@@H]1[C@H]2CC[C@@]2(C)[C@H]1CCC2(OCCN1CCCC1)c1ccsc1. The molecular weight excluding hydrogens is 552 g/mol. The van der Waals surface area contributed by atoms with Gasteiger partial charge in [-0.25, -0.2) is 0 Å². The average Bonchev–Trinajstić information content (AvgIpc) is 3.83. The van der Waals surface area contributed by atoms with Gasteiger partial charge >= 0.3 is 0 Å². The van der Waals surface area contributed by atoms with Crippen molar-refractivity contribution in [3.05, 3.63) is 34.0 Å². The van der Waals surface area contributed by atoms with Crippen molar-refractivity contribution >= 4 is 11.3 Å². The molecule has 0 radical (unpaired) electrons. The van der Waals surface area contributed by atoms with Crippen LogP contribution in [0.15, 0.2) is 28.5 Å². The van der Waals surface area contributed by atoms with E-state index in [-0.39, 0.29) is 11.0 Å². The van der Waals surface area contributed by atoms with E-state index in [1.807, 2.05) is 11.3 Å². The van der Waals surface area contributed by atoms with Gasteiger partial charge in [0, 0.05) is 18.5 Å². The van der Waals surface area contributed by atoms with E-state index in [1.165, 1.54) is 102 Å². The maximum atomic E-state index is 7.20. The molecule has 0 spiro atoms. The Hall–Kier alpha value is -0.760. The van der Waals surface area contributed by atoms with E-state index in [1.54, 1.807) is 5.57 Å². The lowest BCUT2D eigenvalue weighted by atomic mass is 9.46. The molecule has 2 unspecified atom stereocenters. The number of hydrogen-bond donors (Lipinski definition) is 0. The first kappa shape index (κ1) is 30.9. The highest BCUT2D eigenvalue weighted by Crippen LogP contribution is 2.70. The standard InChI is InChI=1S/C37H58N2O3S/c1-35-13-9-31(41-25-24-40-22-20-38-16-3-4-17-38)27-29(35)7-8-32-33(35)10-14-36(2)34(32)11-15-37(36,30-12-26-43-28-30)42-23-21-39-18-5-6-19-39/h7,12,26,28,31-34H,3-6,8-11,13-25,27H2,1-2H3/t31?,32-,33-,34+,35+,36+,37?/m1/s1. The molecule has 2 aliphatic heterocycles. The third-order valence-corrected chi connectivity index (χ3v) is 14.1. The molecule has 6 heteroatoms. The first-order valence-electron chi connectivity index (χ1n) is 18.0. The Morgan fingerprint density at radius 1 is 0.837 bits per heavy atom. The van der Waals surface area contributed by atoms with E-state index >= 15 is 0 Å².